The predicted molar refractivity (Wildman–Crippen MR) is 121 cm³/mol. The molecule has 1 unspecified atom stereocenters. The van der Waals surface area contributed by atoms with Crippen LogP contribution in [-0.4, -0.2) is 60.6 Å². The minimum Gasteiger partial charge on any atom is -0.379 e. The highest BCUT2D eigenvalue weighted by Crippen LogP contribution is 2.20. The first-order valence-corrected chi connectivity index (χ1v) is 11.0. The fourth-order valence-corrected chi connectivity index (χ4v) is 4.07. The van der Waals surface area contributed by atoms with Crippen LogP contribution < -0.4 is 10.6 Å². The molecule has 31 heavy (non-hydrogen) atoms. The number of benzene rings is 1. The van der Waals surface area contributed by atoms with E-state index < -0.39 is 0 Å². The fraction of sp³-hybridized carbons (Fsp3) is 0.458. The zero-order valence-corrected chi connectivity index (χ0v) is 18.3. The molecule has 0 radical (unpaired) electrons. The number of nitrogens with zero attached hydrogens (tertiary/aromatic N) is 2. The van der Waals surface area contributed by atoms with Gasteiger partial charge in [-0.05, 0) is 36.2 Å². The van der Waals surface area contributed by atoms with Crippen molar-refractivity contribution in [3.05, 3.63) is 59.9 Å². The lowest BCUT2D eigenvalue weighted by Crippen LogP contribution is -2.52. The number of morpholine rings is 1. The highest BCUT2D eigenvalue weighted by atomic mass is 16.5. The summed E-state index contributed by atoms with van der Waals surface area (Å²) in [6.07, 6.45) is 5.28. The van der Waals surface area contributed by atoms with Gasteiger partial charge in [-0.2, -0.15) is 0 Å². The number of ether oxygens (including phenoxy) is 1. The van der Waals surface area contributed by atoms with Gasteiger partial charge in [0.2, 0.25) is 0 Å². The van der Waals surface area contributed by atoms with Crippen molar-refractivity contribution in [3.63, 3.8) is 0 Å². The molecule has 2 N–H and O–H groups in total. The molecule has 1 aliphatic rings. The van der Waals surface area contributed by atoms with Crippen LogP contribution in [0.2, 0.25) is 0 Å². The second-order valence-electron chi connectivity index (χ2n) is 7.78. The van der Waals surface area contributed by atoms with Gasteiger partial charge in [-0.25, -0.2) is 0 Å². The van der Waals surface area contributed by atoms with Crippen LogP contribution >= 0.6 is 0 Å². The van der Waals surface area contributed by atoms with Crippen LogP contribution in [0.5, 0.6) is 0 Å². The van der Waals surface area contributed by atoms with Gasteiger partial charge < -0.3 is 15.4 Å². The Morgan fingerprint density at radius 1 is 1.06 bits per heavy atom. The van der Waals surface area contributed by atoms with E-state index in [4.69, 9.17) is 4.74 Å². The van der Waals surface area contributed by atoms with Gasteiger partial charge in [0.05, 0.1) is 18.8 Å². The van der Waals surface area contributed by atoms with Crippen LogP contribution in [0.25, 0.3) is 0 Å². The SMILES string of the molecule is CCC(CC)C(CNC(=O)c1cccc(NC(=O)c2cccnc2)c1)N1CCOCC1. The van der Waals surface area contributed by atoms with Gasteiger partial charge in [0, 0.05) is 49.3 Å². The summed E-state index contributed by atoms with van der Waals surface area (Å²) < 4.78 is 5.50. The number of nitrogens with one attached hydrogen (secondary N) is 2. The maximum Gasteiger partial charge on any atom is 0.257 e. The molecule has 1 saturated heterocycles. The van der Waals surface area contributed by atoms with Crippen molar-refractivity contribution in [2.45, 2.75) is 32.7 Å². The van der Waals surface area contributed by atoms with Crippen LogP contribution in [0.15, 0.2) is 48.8 Å². The Hall–Kier alpha value is -2.77. The van der Waals surface area contributed by atoms with Crippen molar-refractivity contribution in [3.8, 4) is 0 Å². The molecule has 0 aliphatic carbocycles. The van der Waals surface area contributed by atoms with E-state index in [0.717, 1.165) is 39.1 Å². The Bertz CT molecular complexity index is 849. The smallest absolute Gasteiger partial charge is 0.257 e. The average molecular weight is 425 g/mol. The molecule has 0 saturated carbocycles. The lowest BCUT2D eigenvalue weighted by atomic mass is 9.92. The molecule has 7 nitrogen and oxygen atoms in total. The molecular formula is C24H32N4O3. The normalized spacial score (nSPS) is 15.5. The van der Waals surface area contributed by atoms with Crippen LogP contribution in [0, 0.1) is 5.92 Å². The summed E-state index contributed by atoms with van der Waals surface area (Å²) in [5.74, 6) is 0.122. The summed E-state index contributed by atoms with van der Waals surface area (Å²) in [6, 6.07) is 10.7. The van der Waals surface area contributed by atoms with Gasteiger partial charge in [-0.1, -0.05) is 32.8 Å². The van der Waals surface area contributed by atoms with Crippen molar-refractivity contribution < 1.29 is 14.3 Å². The summed E-state index contributed by atoms with van der Waals surface area (Å²) in [4.78, 5) is 31.6. The molecular weight excluding hydrogens is 392 g/mol. The number of carbonyl (C=O) groups excluding carboxylic acids is 2. The fourth-order valence-electron chi connectivity index (χ4n) is 4.07. The first kappa shape index (κ1) is 22.9. The Labute approximate surface area is 184 Å². The predicted octanol–water partition coefficient (Wildman–Crippen LogP) is 3.20. The highest BCUT2D eigenvalue weighted by Gasteiger charge is 2.27. The number of anilines is 1. The molecule has 0 bridgehead atoms. The maximum absolute atomic E-state index is 12.9. The summed E-state index contributed by atoms with van der Waals surface area (Å²) in [5.41, 5.74) is 1.57. The van der Waals surface area contributed by atoms with E-state index in [1.54, 1.807) is 42.6 Å². The Kier molecular flexibility index (Phi) is 8.55. The molecule has 166 valence electrons. The van der Waals surface area contributed by atoms with Crippen LogP contribution in [0.3, 0.4) is 0 Å². The van der Waals surface area contributed by atoms with E-state index in [2.05, 4.69) is 34.4 Å². The van der Waals surface area contributed by atoms with Crippen molar-refractivity contribution in [2.75, 3.05) is 38.2 Å². The number of carbonyl (C=O) groups is 2. The Morgan fingerprint density at radius 3 is 2.48 bits per heavy atom. The Balaban J connectivity index is 1.63. The zero-order chi connectivity index (χ0) is 22.1. The topological polar surface area (TPSA) is 83.6 Å². The summed E-state index contributed by atoms with van der Waals surface area (Å²) in [6.45, 7) is 8.28. The van der Waals surface area contributed by atoms with Crippen LogP contribution in [-0.2, 0) is 4.74 Å². The number of pyridine rings is 1. The number of amides is 2. The summed E-state index contributed by atoms with van der Waals surface area (Å²) >= 11 is 0. The third-order valence-corrected chi connectivity index (χ3v) is 5.89. The standard InChI is InChI=1S/C24H32N4O3/c1-3-18(4-2)22(28-11-13-31-14-12-28)17-26-23(29)19-7-5-9-21(15-19)27-24(30)20-8-6-10-25-16-20/h5-10,15-16,18,22H,3-4,11-14,17H2,1-2H3,(H,26,29)(H,27,30). The quantitative estimate of drug-likeness (QED) is 0.646. The number of aromatic nitrogens is 1. The number of rotatable bonds is 9. The summed E-state index contributed by atoms with van der Waals surface area (Å²) in [7, 11) is 0. The molecule has 1 aromatic carbocycles. The minimum absolute atomic E-state index is 0.137. The first-order chi connectivity index (χ1) is 15.1. The van der Waals surface area contributed by atoms with E-state index in [1.165, 1.54) is 6.20 Å². The van der Waals surface area contributed by atoms with Crippen molar-refractivity contribution in [1.82, 2.24) is 15.2 Å². The van der Waals surface area contributed by atoms with Crippen molar-refractivity contribution in [2.24, 2.45) is 5.92 Å². The molecule has 3 rings (SSSR count). The molecule has 1 atom stereocenters. The van der Waals surface area contributed by atoms with Crippen molar-refractivity contribution >= 4 is 17.5 Å². The lowest BCUT2D eigenvalue weighted by molar-refractivity contribution is 0.00191. The minimum atomic E-state index is -0.258. The van der Waals surface area contributed by atoms with E-state index in [-0.39, 0.29) is 17.9 Å². The van der Waals surface area contributed by atoms with E-state index in [9.17, 15) is 9.59 Å². The molecule has 2 heterocycles. The van der Waals surface area contributed by atoms with E-state index in [0.29, 0.717) is 29.3 Å². The maximum atomic E-state index is 12.9. The van der Waals surface area contributed by atoms with Gasteiger partial charge in [-0.3, -0.25) is 19.5 Å². The molecule has 1 fully saturated rings. The molecule has 2 amide bonds. The second-order valence-corrected chi connectivity index (χ2v) is 7.78. The average Bonchev–Trinajstić information content (AvgIpc) is 2.83. The monoisotopic (exact) mass is 424 g/mol. The second kappa shape index (κ2) is 11.6. The first-order valence-electron chi connectivity index (χ1n) is 11.0. The molecule has 7 heteroatoms. The highest BCUT2D eigenvalue weighted by molar-refractivity contribution is 6.04. The third kappa shape index (κ3) is 6.35. The van der Waals surface area contributed by atoms with Gasteiger partial charge in [0.25, 0.3) is 11.8 Å². The lowest BCUT2D eigenvalue weighted by Gasteiger charge is -2.38. The molecule has 1 aromatic heterocycles. The third-order valence-electron chi connectivity index (χ3n) is 5.89. The molecule has 2 aromatic rings. The number of hydrogen-bond donors (Lipinski definition) is 2. The van der Waals surface area contributed by atoms with E-state index in [1.807, 2.05) is 0 Å². The van der Waals surface area contributed by atoms with Gasteiger partial charge in [-0.15, -0.1) is 0 Å². The number of hydrogen-bond acceptors (Lipinski definition) is 5. The van der Waals surface area contributed by atoms with Crippen LogP contribution in [0.1, 0.15) is 47.4 Å². The van der Waals surface area contributed by atoms with Gasteiger partial charge in [0.15, 0.2) is 0 Å². The van der Waals surface area contributed by atoms with Crippen molar-refractivity contribution in [1.29, 1.82) is 0 Å². The largest absolute Gasteiger partial charge is 0.379 e. The molecule has 0 spiro atoms. The Morgan fingerprint density at radius 2 is 1.81 bits per heavy atom. The molecule has 1 aliphatic heterocycles. The van der Waals surface area contributed by atoms with Gasteiger partial charge >= 0.3 is 0 Å². The zero-order valence-electron chi connectivity index (χ0n) is 18.3. The summed E-state index contributed by atoms with van der Waals surface area (Å²) in [5, 5.41) is 5.94. The van der Waals surface area contributed by atoms with Gasteiger partial charge in [0.1, 0.15) is 0 Å². The van der Waals surface area contributed by atoms with Crippen LogP contribution in [0.4, 0.5) is 5.69 Å². The van der Waals surface area contributed by atoms with E-state index >= 15 is 0 Å².